The molecule has 2 atom stereocenters. The Balaban J connectivity index is 1.82. The number of nitrogens with zero attached hydrogens (tertiary/aromatic N) is 2. The van der Waals surface area contributed by atoms with E-state index in [1.807, 2.05) is 0 Å². The quantitative estimate of drug-likeness (QED) is 0.831. The fourth-order valence-corrected chi connectivity index (χ4v) is 2.97. The van der Waals surface area contributed by atoms with E-state index < -0.39 is 0 Å². The number of nitrogen functional groups attached to an aromatic ring is 1. The molecule has 1 aromatic heterocycles. The standard InChI is InChI=1S/C14H21ClN4/c1-8-4-2-3-5-10(8)17-14-11(16)12(15)18-13(19-14)9-6-7-9/h8-10H,2-7,16H2,1H3,(H,17,18,19). The first-order valence-electron chi connectivity index (χ1n) is 7.24. The average molecular weight is 281 g/mol. The molecule has 0 saturated heterocycles. The summed E-state index contributed by atoms with van der Waals surface area (Å²) in [5.74, 6) is 2.74. The van der Waals surface area contributed by atoms with E-state index in [-0.39, 0.29) is 0 Å². The molecule has 0 aromatic carbocycles. The molecule has 0 amide bonds. The molecule has 5 heteroatoms. The number of nitrogens with one attached hydrogen (secondary N) is 1. The van der Waals surface area contributed by atoms with Crippen LogP contribution in [-0.4, -0.2) is 16.0 Å². The normalized spacial score (nSPS) is 27.3. The van der Waals surface area contributed by atoms with E-state index in [0.717, 1.165) is 11.6 Å². The van der Waals surface area contributed by atoms with Crippen LogP contribution in [0.4, 0.5) is 11.5 Å². The zero-order valence-electron chi connectivity index (χ0n) is 11.3. The van der Waals surface area contributed by atoms with Crippen molar-refractivity contribution in [1.29, 1.82) is 0 Å². The third-order valence-electron chi connectivity index (χ3n) is 4.29. The Labute approximate surface area is 119 Å². The summed E-state index contributed by atoms with van der Waals surface area (Å²) in [5, 5.41) is 3.89. The second-order valence-corrected chi connectivity index (χ2v) is 6.28. The van der Waals surface area contributed by atoms with Crippen LogP contribution in [0.5, 0.6) is 0 Å². The Morgan fingerprint density at radius 2 is 1.89 bits per heavy atom. The summed E-state index contributed by atoms with van der Waals surface area (Å²) in [4.78, 5) is 8.89. The van der Waals surface area contributed by atoms with Gasteiger partial charge < -0.3 is 11.1 Å². The molecule has 104 valence electrons. The van der Waals surface area contributed by atoms with Gasteiger partial charge in [-0.05, 0) is 31.6 Å². The molecule has 2 aliphatic rings. The largest absolute Gasteiger partial charge is 0.393 e. The summed E-state index contributed by atoms with van der Waals surface area (Å²) in [6.45, 7) is 2.29. The molecule has 0 spiro atoms. The molecule has 1 aromatic rings. The predicted octanol–water partition coefficient (Wildman–Crippen LogP) is 3.58. The third-order valence-corrected chi connectivity index (χ3v) is 4.58. The van der Waals surface area contributed by atoms with Gasteiger partial charge in [-0.1, -0.05) is 31.4 Å². The Morgan fingerprint density at radius 3 is 2.58 bits per heavy atom. The summed E-state index contributed by atoms with van der Waals surface area (Å²) < 4.78 is 0. The van der Waals surface area contributed by atoms with Crippen LogP contribution in [0.15, 0.2) is 0 Å². The van der Waals surface area contributed by atoms with Crippen LogP contribution in [0.2, 0.25) is 5.15 Å². The Kier molecular flexibility index (Phi) is 3.52. The van der Waals surface area contributed by atoms with E-state index in [1.54, 1.807) is 0 Å². The van der Waals surface area contributed by atoms with Crippen molar-refractivity contribution < 1.29 is 0 Å². The molecule has 0 bridgehead atoms. The third kappa shape index (κ3) is 2.78. The minimum atomic E-state index is 0.392. The lowest BCUT2D eigenvalue weighted by molar-refractivity contribution is 0.349. The summed E-state index contributed by atoms with van der Waals surface area (Å²) >= 11 is 6.13. The fraction of sp³-hybridized carbons (Fsp3) is 0.714. The number of halogens is 1. The lowest BCUT2D eigenvalue weighted by Crippen LogP contribution is -2.31. The fourth-order valence-electron chi connectivity index (χ4n) is 2.80. The highest BCUT2D eigenvalue weighted by molar-refractivity contribution is 6.32. The van der Waals surface area contributed by atoms with Gasteiger partial charge in [-0.2, -0.15) is 0 Å². The van der Waals surface area contributed by atoms with Crippen molar-refractivity contribution in [3.05, 3.63) is 11.0 Å². The van der Waals surface area contributed by atoms with E-state index in [4.69, 9.17) is 17.3 Å². The number of hydrogen-bond donors (Lipinski definition) is 2. The second-order valence-electron chi connectivity index (χ2n) is 5.92. The van der Waals surface area contributed by atoms with Gasteiger partial charge in [0.15, 0.2) is 11.0 Å². The smallest absolute Gasteiger partial charge is 0.157 e. The van der Waals surface area contributed by atoms with Gasteiger partial charge >= 0.3 is 0 Å². The highest BCUT2D eigenvalue weighted by atomic mass is 35.5. The van der Waals surface area contributed by atoms with Gasteiger partial charge in [-0.3, -0.25) is 0 Å². The SMILES string of the molecule is CC1CCCCC1Nc1nc(C2CC2)nc(Cl)c1N. The van der Waals surface area contributed by atoms with Crippen LogP contribution in [-0.2, 0) is 0 Å². The molecule has 3 N–H and O–H groups in total. The number of aromatic nitrogens is 2. The average Bonchev–Trinajstić information content (AvgIpc) is 3.21. The monoisotopic (exact) mass is 280 g/mol. The molecule has 0 aliphatic heterocycles. The maximum absolute atomic E-state index is 6.13. The van der Waals surface area contributed by atoms with E-state index in [2.05, 4.69) is 22.2 Å². The molecular weight excluding hydrogens is 260 g/mol. The van der Waals surface area contributed by atoms with Gasteiger partial charge in [-0.25, -0.2) is 9.97 Å². The maximum Gasteiger partial charge on any atom is 0.157 e. The van der Waals surface area contributed by atoms with Gasteiger partial charge in [0.2, 0.25) is 0 Å². The second kappa shape index (κ2) is 5.16. The minimum Gasteiger partial charge on any atom is -0.393 e. The van der Waals surface area contributed by atoms with Crippen molar-refractivity contribution in [2.45, 2.75) is 57.4 Å². The first-order valence-corrected chi connectivity index (χ1v) is 7.62. The van der Waals surface area contributed by atoms with Gasteiger partial charge in [0, 0.05) is 12.0 Å². The molecule has 1 heterocycles. The van der Waals surface area contributed by atoms with E-state index in [0.29, 0.717) is 28.7 Å². The molecule has 2 aliphatic carbocycles. The Bertz CT molecular complexity index is 473. The van der Waals surface area contributed by atoms with Crippen LogP contribution in [0, 0.1) is 5.92 Å². The first kappa shape index (κ1) is 13.0. The Morgan fingerprint density at radius 1 is 1.16 bits per heavy atom. The highest BCUT2D eigenvalue weighted by Crippen LogP contribution is 2.40. The van der Waals surface area contributed by atoms with Crippen LogP contribution in [0.25, 0.3) is 0 Å². The molecule has 0 radical (unpaired) electrons. The lowest BCUT2D eigenvalue weighted by Gasteiger charge is -2.30. The molecule has 2 unspecified atom stereocenters. The molecule has 4 nitrogen and oxygen atoms in total. The zero-order chi connectivity index (χ0) is 13.4. The van der Waals surface area contributed by atoms with E-state index in [1.165, 1.54) is 38.5 Å². The maximum atomic E-state index is 6.13. The summed E-state index contributed by atoms with van der Waals surface area (Å²) in [6.07, 6.45) is 7.38. The molecule has 2 saturated carbocycles. The molecule has 19 heavy (non-hydrogen) atoms. The van der Waals surface area contributed by atoms with E-state index >= 15 is 0 Å². The van der Waals surface area contributed by atoms with Crippen molar-refractivity contribution >= 4 is 23.1 Å². The molecular formula is C14H21ClN4. The van der Waals surface area contributed by atoms with Crippen LogP contribution < -0.4 is 11.1 Å². The van der Waals surface area contributed by atoms with Crippen molar-refractivity contribution in [3.63, 3.8) is 0 Å². The topological polar surface area (TPSA) is 63.8 Å². The first-order chi connectivity index (χ1) is 9.15. The number of rotatable bonds is 3. The van der Waals surface area contributed by atoms with Crippen LogP contribution in [0.1, 0.15) is 57.2 Å². The number of nitrogens with two attached hydrogens (primary N) is 1. The lowest BCUT2D eigenvalue weighted by atomic mass is 9.86. The summed E-state index contributed by atoms with van der Waals surface area (Å²) in [7, 11) is 0. The summed E-state index contributed by atoms with van der Waals surface area (Å²) in [5.41, 5.74) is 6.50. The van der Waals surface area contributed by atoms with Gasteiger partial charge in [0.05, 0.1) is 0 Å². The van der Waals surface area contributed by atoms with Gasteiger partial charge in [-0.15, -0.1) is 0 Å². The van der Waals surface area contributed by atoms with Crippen molar-refractivity contribution in [2.75, 3.05) is 11.1 Å². The van der Waals surface area contributed by atoms with Crippen molar-refractivity contribution in [3.8, 4) is 0 Å². The van der Waals surface area contributed by atoms with Crippen molar-refractivity contribution in [2.24, 2.45) is 5.92 Å². The number of hydrogen-bond acceptors (Lipinski definition) is 4. The number of anilines is 2. The van der Waals surface area contributed by atoms with Gasteiger partial charge in [0.1, 0.15) is 11.5 Å². The van der Waals surface area contributed by atoms with Gasteiger partial charge in [0.25, 0.3) is 0 Å². The van der Waals surface area contributed by atoms with Crippen molar-refractivity contribution in [1.82, 2.24) is 9.97 Å². The Hall–Kier alpha value is -1.03. The minimum absolute atomic E-state index is 0.392. The predicted molar refractivity (Wildman–Crippen MR) is 78.5 cm³/mol. The van der Waals surface area contributed by atoms with Crippen LogP contribution in [0.3, 0.4) is 0 Å². The highest BCUT2D eigenvalue weighted by Gasteiger charge is 2.29. The summed E-state index contributed by atoms with van der Waals surface area (Å²) in [6, 6.07) is 0.453. The molecule has 3 rings (SSSR count). The van der Waals surface area contributed by atoms with Crippen LogP contribution >= 0.6 is 11.6 Å². The molecule has 2 fully saturated rings. The van der Waals surface area contributed by atoms with E-state index in [9.17, 15) is 0 Å². The zero-order valence-corrected chi connectivity index (χ0v) is 12.1.